The molecule has 5 aliphatic rings. The van der Waals surface area contributed by atoms with Crippen LogP contribution in [0, 0.1) is 52.3 Å². The predicted molar refractivity (Wildman–Crippen MR) is 150 cm³/mol. The number of rotatable bonds is 6. The van der Waals surface area contributed by atoms with E-state index in [0.29, 0.717) is 23.2 Å². The van der Waals surface area contributed by atoms with Crippen molar-refractivity contribution in [3.63, 3.8) is 0 Å². The average molecular weight is 531 g/mol. The normalized spacial score (nSPS) is 48.8. The SMILES string of the molecule is CC(C)C(C)C=CC(C)C1CCC2C3CC=C4CC(OC5OCC(O)C(O)C5O)CCC4(C)C3CCC12C. The number of fused-ring (bicyclic) bond motifs is 5. The minimum absolute atomic E-state index is 0.00785. The van der Waals surface area contributed by atoms with Crippen LogP contribution >= 0.6 is 0 Å². The lowest BCUT2D eigenvalue weighted by molar-refractivity contribution is -0.284. The van der Waals surface area contributed by atoms with Gasteiger partial charge in [-0.25, -0.2) is 0 Å². The molecule has 0 radical (unpaired) electrons. The van der Waals surface area contributed by atoms with Gasteiger partial charge in [0.25, 0.3) is 0 Å². The van der Waals surface area contributed by atoms with E-state index in [1.54, 1.807) is 0 Å². The van der Waals surface area contributed by atoms with Crippen LogP contribution in [-0.4, -0.2) is 52.6 Å². The summed E-state index contributed by atoms with van der Waals surface area (Å²) >= 11 is 0. The molecule has 0 aromatic carbocycles. The third-order valence-corrected chi connectivity index (χ3v) is 12.3. The van der Waals surface area contributed by atoms with E-state index in [1.165, 1.54) is 37.7 Å². The summed E-state index contributed by atoms with van der Waals surface area (Å²) in [4.78, 5) is 0. The summed E-state index contributed by atoms with van der Waals surface area (Å²) in [5, 5.41) is 30.2. The highest BCUT2D eigenvalue weighted by Crippen LogP contribution is 2.67. The lowest BCUT2D eigenvalue weighted by atomic mass is 9.47. The largest absolute Gasteiger partial charge is 0.388 e. The molecule has 4 fully saturated rings. The quantitative estimate of drug-likeness (QED) is 0.374. The first-order valence-corrected chi connectivity index (χ1v) is 15.6. The van der Waals surface area contributed by atoms with Gasteiger partial charge in [0.15, 0.2) is 6.29 Å². The third kappa shape index (κ3) is 4.98. The van der Waals surface area contributed by atoms with Crippen LogP contribution in [0.15, 0.2) is 23.8 Å². The van der Waals surface area contributed by atoms with Crippen LogP contribution < -0.4 is 0 Å². The molecule has 3 N–H and O–H groups in total. The van der Waals surface area contributed by atoms with Gasteiger partial charge in [-0.3, -0.25) is 0 Å². The molecule has 0 bridgehead atoms. The zero-order valence-electron chi connectivity index (χ0n) is 24.7. The van der Waals surface area contributed by atoms with Crippen LogP contribution in [0.5, 0.6) is 0 Å². The summed E-state index contributed by atoms with van der Waals surface area (Å²) in [6, 6.07) is 0. The van der Waals surface area contributed by atoms with Gasteiger partial charge in [-0.15, -0.1) is 0 Å². The zero-order valence-corrected chi connectivity index (χ0v) is 24.7. The fourth-order valence-corrected chi connectivity index (χ4v) is 9.44. The van der Waals surface area contributed by atoms with Crippen LogP contribution in [-0.2, 0) is 9.47 Å². The van der Waals surface area contributed by atoms with Gasteiger partial charge >= 0.3 is 0 Å². The van der Waals surface area contributed by atoms with Gasteiger partial charge < -0.3 is 24.8 Å². The second-order valence-electron chi connectivity index (χ2n) is 14.6. The standard InChI is InChI=1S/C33H54O5/c1-19(2)20(3)7-8-21(4)25-11-12-26-24-10-9-22-17-23(38-31-30(36)29(35)28(34)18-37-31)13-15-32(22,5)27(24)14-16-33(25,26)6/h7-9,19-21,23-31,34-36H,10-18H2,1-6H3. The van der Waals surface area contributed by atoms with Crippen molar-refractivity contribution in [2.45, 2.75) is 124 Å². The highest BCUT2D eigenvalue weighted by molar-refractivity contribution is 5.25. The van der Waals surface area contributed by atoms with Crippen LogP contribution in [0.2, 0.25) is 0 Å². The Hall–Kier alpha value is -0.720. The first kappa shape index (κ1) is 28.8. The van der Waals surface area contributed by atoms with Gasteiger partial charge in [0.1, 0.15) is 18.3 Å². The summed E-state index contributed by atoms with van der Waals surface area (Å²) in [5.41, 5.74) is 2.23. The average Bonchev–Trinajstić information content (AvgIpc) is 3.24. The summed E-state index contributed by atoms with van der Waals surface area (Å²) < 4.78 is 11.7. The van der Waals surface area contributed by atoms with E-state index in [4.69, 9.17) is 9.47 Å². The summed E-state index contributed by atoms with van der Waals surface area (Å²) in [5.74, 6) is 5.15. The molecule has 13 atom stereocenters. The molecule has 0 amide bonds. The Balaban J connectivity index is 1.26. The maximum Gasteiger partial charge on any atom is 0.186 e. The van der Waals surface area contributed by atoms with Gasteiger partial charge in [0, 0.05) is 0 Å². The van der Waals surface area contributed by atoms with E-state index in [-0.39, 0.29) is 18.1 Å². The molecule has 4 aliphatic carbocycles. The summed E-state index contributed by atoms with van der Waals surface area (Å²) in [7, 11) is 0. The number of aliphatic hydroxyl groups excluding tert-OH is 3. The fraction of sp³-hybridized carbons (Fsp3) is 0.879. The Morgan fingerprint density at radius 1 is 0.947 bits per heavy atom. The predicted octanol–water partition coefficient (Wildman–Crippen LogP) is 5.87. The summed E-state index contributed by atoms with van der Waals surface area (Å²) in [6.45, 7) is 14.6. The van der Waals surface area contributed by atoms with Crippen molar-refractivity contribution < 1.29 is 24.8 Å². The van der Waals surface area contributed by atoms with Gasteiger partial charge in [-0.1, -0.05) is 65.3 Å². The van der Waals surface area contributed by atoms with E-state index < -0.39 is 24.6 Å². The molecule has 5 rings (SSSR count). The second kappa shape index (κ2) is 10.9. The van der Waals surface area contributed by atoms with E-state index >= 15 is 0 Å². The Morgan fingerprint density at radius 3 is 2.45 bits per heavy atom. The van der Waals surface area contributed by atoms with E-state index in [1.807, 2.05) is 0 Å². The van der Waals surface area contributed by atoms with Crippen molar-refractivity contribution in [1.82, 2.24) is 0 Å². The monoisotopic (exact) mass is 530 g/mol. The van der Waals surface area contributed by atoms with Crippen molar-refractivity contribution in [2.24, 2.45) is 52.3 Å². The van der Waals surface area contributed by atoms with E-state index in [9.17, 15) is 15.3 Å². The lowest BCUT2D eigenvalue weighted by Gasteiger charge is -2.58. The zero-order chi connectivity index (χ0) is 27.4. The maximum atomic E-state index is 10.4. The van der Waals surface area contributed by atoms with Gasteiger partial charge in [-0.05, 0) is 104 Å². The Kier molecular flexibility index (Phi) is 8.28. The van der Waals surface area contributed by atoms with Gasteiger partial charge in [-0.2, -0.15) is 0 Å². The first-order valence-electron chi connectivity index (χ1n) is 15.6. The molecular weight excluding hydrogens is 476 g/mol. The molecule has 5 nitrogen and oxygen atoms in total. The second-order valence-corrected chi connectivity index (χ2v) is 14.6. The van der Waals surface area contributed by atoms with Crippen LogP contribution in [0.3, 0.4) is 0 Å². The van der Waals surface area contributed by atoms with Crippen LogP contribution in [0.25, 0.3) is 0 Å². The number of ether oxygens (including phenoxy) is 2. The Bertz CT molecular complexity index is 898. The number of hydrogen-bond donors (Lipinski definition) is 3. The maximum absolute atomic E-state index is 10.4. The molecule has 0 aromatic heterocycles. The molecule has 5 heteroatoms. The minimum atomic E-state index is -1.22. The molecule has 3 saturated carbocycles. The van der Waals surface area contributed by atoms with Gasteiger partial charge in [0.05, 0.1) is 12.7 Å². The minimum Gasteiger partial charge on any atom is -0.388 e. The molecule has 1 saturated heterocycles. The molecule has 13 unspecified atom stereocenters. The van der Waals surface area contributed by atoms with Crippen molar-refractivity contribution in [3.05, 3.63) is 23.8 Å². The number of hydrogen-bond acceptors (Lipinski definition) is 5. The molecule has 0 spiro atoms. The molecular formula is C33H54O5. The topological polar surface area (TPSA) is 79.2 Å². The van der Waals surface area contributed by atoms with Gasteiger partial charge in [0.2, 0.25) is 0 Å². The van der Waals surface area contributed by atoms with Crippen molar-refractivity contribution in [3.8, 4) is 0 Å². The molecule has 1 aliphatic heterocycles. The Morgan fingerprint density at radius 2 is 1.71 bits per heavy atom. The lowest BCUT2D eigenvalue weighted by Crippen LogP contribution is -2.55. The highest BCUT2D eigenvalue weighted by Gasteiger charge is 2.59. The molecule has 216 valence electrons. The number of allylic oxidation sites excluding steroid dienone is 3. The number of aliphatic hydroxyl groups is 3. The van der Waals surface area contributed by atoms with E-state index in [0.717, 1.165) is 42.9 Å². The van der Waals surface area contributed by atoms with Crippen molar-refractivity contribution >= 4 is 0 Å². The third-order valence-electron chi connectivity index (χ3n) is 12.3. The smallest absolute Gasteiger partial charge is 0.186 e. The van der Waals surface area contributed by atoms with Crippen LogP contribution in [0.4, 0.5) is 0 Å². The van der Waals surface area contributed by atoms with Crippen molar-refractivity contribution in [2.75, 3.05) is 6.61 Å². The molecule has 38 heavy (non-hydrogen) atoms. The first-order chi connectivity index (χ1) is 18.0. The fourth-order valence-electron chi connectivity index (χ4n) is 9.44. The van der Waals surface area contributed by atoms with Crippen molar-refractivity contribution in [1.29, 1.82) is 0 Å². The van der Waals surface area contributed by atoms with Crippen LogP contribution in [0.1, 0.15) is 92.9 Å². The molecule has 1 heterocycles. The van der Waals surface area contributed by atoms with E-state index in [2.05, 4.69) is 59.8 Å². The summed E-state index contributed by atoms with van der Waals surface area (Å²) in [6.07, 6.45) is 12.8. The Labute approximate surface area is 231 Å². The molecule has 0 aromatic rings. The highest BCUT2D eigenvalue weighted by atomic mass is 16.7.